The lowest BCUT2D eigenvalue weighted by Gasteiger charge is -2.23. The molecule has 0 radical (unpaired) electrons. The van der Waals surface area contributed by atoms with Crippen molar-refractivity contribution in [2.24, 2.45) is 0 Å². The molecule has 0 N–H and O–H groups in total. The van der Waals surface area contributed by atoms with E-state index in [1.165, 1.54) is 14.2 Å². The molecule has 3 aromatic heterocycles. The Morgan fingerprint density at radius 3 is 2.21 bits per heavy atom. The van der Waals surface area contributed by atoms with Gasteiger partial charge in [-0.2, -0.15) is 0 Å². The molecule has 38 heavy (non-hydrogen) atoms. The van der Waals surface area contributed by atoms with Crippen molar-refractivity contribution in [2.45, 2.75) is 44.8 Å². The number of furan rings is 1. The summed E-state index contributed by atoms with van der Waals surface area (Å²) >= 11 is 0. The van der Waals surface area contributed by atoms with Crippen molar-refractivity contribution >= 4 is 9.84 Å². The first-order valence-corrected chi connectivity index (χ1v) is 13.8. The number of ether oxygens (including phenoxy) is 3. The Morgan fingerprint density at radius 2 is 1.66 bits per heavy atom. The van der Waals surface area contributed by atoms with Crippen molar-refractivity contribution in [1.29, 1.82) is 0 Å². The molecule has 12 heteroatoms. The average molecular weight is 542 g/mol. The second kappa shape index (κ2) is 11.3. The molecule has 0 bridgehead atoms. The summed E-state index contributed by atoms with van der Waals surface area (Å²) in [6.45, 7) is 7.33. The molecule has 3 heterocycles. The summed E-state index contributed by atoms with van der Waals surface area (Å²) in [6, 6.07) is 8.81. The van der Waals surface area contributed by atoms with Crippen molar-refractivity contribution in [2.75, 3.05) is 20.8 Å². The van der Waals surface area contributed by atoms with E-state index < -0.39 is 26.9 Å². The van der Waals surface area contributed by atoms with Crippen LogP contribution in [-0.2, 0) is 20.3 Å². The maximum absolute atomic E-state index is 13.8. The maximum Gasteiger partial charge on any atom is 0.204 e. The number of hydrogen-bond acceptors (Lipinski definition) is 10. The number of aromatic nitrogens is 5. The molecule has 0 unspecified atom stereocenters. The van der Waals surface area contributed by atoms with Gasteiger partial charge in [-0.1, -0.05) is 6.07 Å². The highest BCUT2D eigenvalue weighted by atomic mass is 32.2. The van der Waals surface area contributed by atoms with Gasteiger partial charge in [0.1, 0.15) is 34.8 Å². The van der Waals surface area contributed by atoms with Gasteiger partial charge < -0.3 is 18.6 Å². The second-order valence-electron chi connectivity index (χ2n) is 8.70. The molecule has 0 saturated heterocycles. The smallest absolute Gasteiger partial charge is 0.204 e. The molecule has 0 fully saturated rings. The van der Waals surface area contributed by atoms with Crippen LogP contribution < -0.4 is 9.47 Å². The lowest BCUT2D eigenvalue weighted by atomic mass is 10.2. The maximum atomic E-state index is 13.8. The summed E-state index contributed by atoms with van der Waals surface area (Å²) in [4.78, 5) is 8.63. The minimum Gasteiger partial charge on any atom is -0.494 e. The molecule has 0 aliphatic heterocycles. The topological polar surface area (TPSA) is 131 Å². The third kappa shape index (κ3) is 5.41. The van der Waals surface area contributed by atoms with Crippen LogP contribution in [0.4, 0.5) is 0 Å². The van der Waals surface area contributed by atoms with E-state index in [0.717, 1.165) is 5.56 Å². The largest absolute Gasteiger partial charge is 0.494 e. The summed E-state index contributed by atoms with van der Waals surface area (Å²) in [5.41, 5.74) is 1.31. The van der Waals surface area contributed by atoms with Gasteiger partial charge in [0.05, 0.1) is 19.5 Å². The number of nitrogens with zero attached hydrogens (tertiary/aromatic N) is 5. The molecule has 0 amide bonds. The quantitative estimate of drug-likeness (QED) is 0.274. The Hall–Kier alpha value is -3.77. The Kier molecular flexibility index (Phi) is 8.12. The zero-order chi connectivity index (χ0) is 27.4. The van der Waals surface area contributed by atoms with Crippen LogP contribution in [0, 0.1) is 13.8 Å². The predicted molar refractivity (Wildman–Crippen MR) is 140 cm³/mol. The first-order valence-electron chi connectivity index (χ1n) is 12.0. The first-order chi connectivity index (χ1) is 18.2. The van der Waals surface area contributed by atoms with Gasteiger partial charge in [-0.05, 0) is 57.5 Å². The summed E-state index contributed by atoms with van der Waals surface area (Å²) in [5.74, 6) is 2.29. The fraction of sp³-hybridized carbons (Fsp3) is 0.385. The van der Waals surface area contributed by atoms with Crippen molar-refractivity contribution in [1.82, 2.24) is 24.7 Å². The molecule has 2 atom stereocenters. The summed E-state index contributed by atoms with van der Waals surface area (Å²) in [6.07, 6.45) is 2.40. The molecule has 0 aliphatic rings. The van der Waals surface area contributed by atoms with Crippen molar-refractivity contribution in [3.63, 3.8) is 0 Å². The first kappa shape index (κ1) is 27.3. The van der Waals surface area contributed by atoms with Crippen LogP contribution in [0.5, 0.6) is 11.5 Å². The van der Waals surface area contributed by atoms with E-state index in [-0.39, 0.29) is 5.82 Å². The van der Waals surface area contributed by atoms with Crippen LogP contribution in [0.3, 0.4) is 0 Å². The summed E-state index contributed by atoms with van der Waals surface area (Å²) in [5, 5.41) is 7.60. The monoisotopic (exact) mass is 541 g/mol. The van der Waals surface area contributed by atoms with E-state index in [9.17, 15) is 8.42 Å². The number of para-hydroxylation sites is 1. The minimum absolute atomic E-state index is 0.156. The number of hydrogen-bond donors (Lipinski definition) is 0. The number of benzene rings is 1. The number of methoxy groups -OCH3 is 2. The van der Waals surface area contributed by atoms with E-state index >= 15 is 0 Å². The Morgan fingerprint density at radius 1 is 1.00 bits per heavy atom. The van der Waals surface area contributed by atoms with Crippen LogP contribution in [0.15, 0.2) is 47.1 Å². The number of sulfone groups is 1. The van der Waals surface area contributed by atoms with E-state index in [2.05, 4.69) is 20.2 Å². The number of aryl methyl sites for hydroxylation is 2. The van der Waals surface area contributed by atoms with Gasteiger partial charge in [-0.3, -0.25) is 4.57 Å². The Balaban J connectivity index is 1.82. The molecule has 0 aliphatic carbocycles. The van der Waals surface area contributed by atoms with Crippen LogP contribution in [0.1, 0.15) is 42.9 Å². The van der Waals surface area contributed by atoms with E-state index in [1.807, 2.05) is 13.8 Å². The van der Waals surface area contributed by atoms with E-state index in [0.29, 0.717) is 47.0 Å². The van der Waals surface area contributed by atoms with Crippen LogP contribution in [0.2, 0.25) is 0 Å². The van der Waals surface area contributed by atoms with E-state index in [4.69, 9.17) is 18.6 Å². The summed E-state index contributed by atoms with van der Waals surface area (Å²) < 4.78 is 52.0. The fourth-order valence-electron chi connectivity index (χ4n) is 4.06. The van der Waals surface area contributed by atoms with Gasteiger partial charge in [0.15, 0.2) is 27.2 Å². The SMILES string of the molecule is CCO[C@@H](c1ncc(C)cn1)[C@@H](C)S(=O)(=O)Cc1nnc(-c2ccc(C)o2)n1-c1c(OC)cccc1OC. The molecular formula is C26H31N5O6S. The van der Waals surface area contributed by atoms with Crippen LogP contribution >= 0.6 is 0 Å². The van der Waals surface area contributed by atoms with Crippen molar-refractivity contribution < 1.29 is 27.0 Å². The molecular weight excluding hydrogens is 510 g/mol. The van der Waals surface area contributed by atoms with Crippen molar-refractivity contribution in [3.05, 3.63) is 65.7 Å². The van der Waals surface area contributed by atoms with E-state index in [1.54, 1.807) is 61.1 Å². The highest BCUT2D eigenvalue weighted by molar-refractivity contribution is 7.91. The lowest BCUT2D eigenvalue weighted by Crippen LogP contribution is -2.30. The predicted octanol–water partition coefficient (Wildman–Crippen LogP) is 4.03. The molecule has 1 aromatic carbocycles. The van der Waals surface area contributed by atoms with Gasteiger partial charge in [0.2, 0.25) is 5.82 Å². The molecule has 11 nitrogen and oxygen atoms in total. The second-order valence-corrected chi connectivity index (χ2v) is 11.1. The highest BCUT2D eigenvalue weighted by Crippen LogP contribution is 2.37. The molecule has 202 valence electrons. The fourth-order valence-corrected chi connectivity index (χ4v) is 5.45. The molecule has 0 spiro atoms. The Labute approximate surface area is 221 Å². The zero-order valence-electron chi connectivity index (χ0n) is 22.2. The third-order valence-corrected chi connectivity index (χ3v) is 8.08. The van der Waals surface area contributed by atoms with Gasteiger partial charge in [0, 0.05) is 19.0 Å². The minimum atomic E-state index is -3.87. The standard InChI is InChI=1S/C26H31N5O6S/c1-7-36-24(25-27-13-16(2)14-28-25)18(4)38(32,33)15-22-29-30-26(21-12-11-17(3)37-21)31(22)23-19(34-5)9-8-10-20(23)35-6/h8-14,18,24H,7,15H2,1-6H3/t18-,24-/m1/s1. The van der Waals surface area contributed by atoms with Crippen LogP contribution in [-0.4, -0.2) is 59.2 Å². The van der Waals surface area contributed by atoms with Crippen molar-refractivity contribution in [3.8, 4) is 28.8 Å². The van der Waals surface area contributed by atoms with Gasteiger partial charge in [0.25, 0.3) is 0 Å². The van der Waals surface area contributed by atoms with Gasteiger partial charge in [-0.25, -0.2) is 18.4 Å². The Bertz CT molecular complexity index is 1470. The molecule has 0 saturated carbocycles. The highest BCUT2D eigenvalue weighted by Gasteiger charge is 2.36. The number of rotatable bonds is 11. The summed E-state index contributed by atoms with van der Waals surface area (Å²) in [7, 11) is -0.827. The van der Waals surface area contributed by atoms with Crippen LogP contribution in [0.25, 0.3) is 17.3 Å². The molecule has 4 rings (SSSR count). The normalized spacial score (nSPS) is 13.3. The van der Waals surface area contributed by atoms with Gasteiger partial charge >= 0.3 is 0 Å². The average Bonchev–Trinajstić information content (AvgIpc) is 3.52. The molecule has 4 aromatic rings. The zero-order valence-corrected chi connectivity index (χ0v) is 23.0. The van der Waals surface area contributed by atoms with Gasteiger partial charge in [-0.15, -0.1) is 10.2 Å². The third-order valence-electron chi connectivity index (χ3n) is 6.04. The lowest BCUT2D eigenvalue weighted by molar-refractivity contribution is 0.0556.